The predicted molar refractivity (Wildman–Crippen MR) is 137 cm³/mol. The Kier molecular flexibility index (Phi) is 7.48. The summed E-state index contributed by atoms with van der Waals surface area (Å²) in [6, 6.07) is 0. The summed E-state index contributed by atoms with van der Waals surface area (Å²) in [6.07, 6.45) is 7.84. The summed E-state index contributed by atoms with van der Waals surface area (Å²) in [6.45, 7) is 10.8. The van der Waals surface area contributed by atoms with Crippen molar-refractivity contribution in [3.8, 4) is 0 Å². The molecular weight excluding hydrogens is 486 g/mol. The van der Waals surface area contributed by atoms with Gasteiger partial charge in [-0.25, -0.2) is 0 Å². The van der Waals surface area contributed by atoms with Crippen LogP contribution >= 0.6 is 0 Å². The normalized spacial score (nSPS) is 34.8. The SMILES string of the molecule is C=C[C@H]1CCC/C(=C/C=C2\CCC[C@@]3(C)C2CC[C@@H]3C2(C/C=C/C(C)(C(F)(F)F)C(F)(F)F)CC2)C1=C. The van der Waals surface area contributed by atoms with Gasteiger partial charge in [-0.05, 0) is 111 Å². The third-order valence-electron chi connectivity index (χ3n) is 10.4. The van der Waals surface area contributed by atoms with E-state index < -0.39 is 17.8 Å². The van der Waals surface area contributed by atoms with E-state index >= 15 is 0 Å². The van der Waals surface area contributed by atoms with E-state index in [1.807, 2.05) is 6.08 Å². The Hall–Kier alpha value is -1.72. The molecule has 0 aromatic heterocycles. The van der Waals surface area contributed by atoms with Gasteiger partial charge in [0, 0.05) is 5.92 Å². The van der Waals surface area contributed by atoms with Crippen LogP contribution in [0.15, 0.2) is 60.3 Å². The van der Waals surface area contributed by atoms with Crippen LogP contribution in [0.1, 0.15) is 84.5 Å². The number of hydrogen-bond donors (Lipinski definition) is 0. The molecule has 0 nitrogen and oxygen atoms in total. The highest BCUT2D eigenvalue weighted by molar-refractivity contribution is 5.38. The van der Waals surface area contributed by atoms with Crippen LogP contribution in [-0.2, 0) is 0 Å². The number of halogens is 6. The number of rotatable bonds is 6. The summed E-state index contributed by atoms with van der Waals surface area (Å²) < 4.78 is 80.1. The second-order valence-electron chi connectivity index (χ2n) is 12.4. The molecule has 0 heterocycles. The van der Waals surface area contributed by atoms with Crippen molar-refractivity contribution in [2.24, 2.45) is 34.0 Å². The van der Waals surface area contributed by atoms with E-state index in [0.29, 0.717) is 23.8 Å². The lowest BCUT2D eigenvalue weighted by Crippen LogP contribution is -2.46. The molecule has 0 spiro atoms. The summed E-state index contributed by atoms with van der Waals surface area (Å²) in [5.41, 5.74) is -0.0441. The van der Waals surface area contributed by atoms with Crippen molar-refractivity contribution in [3.63, 3.8) is 0 Å². The number of alkyl halides is 6. The van der Waals surface area contributed by atoms with Crippen molar-refractivity contribution in [3.05, 3.63) is 60.3 Å². The van der Waals surface area contributed by atoms with Gasteiger partial charge in [0.05, 0.1) is 0 Å². The van der Waals surface area contributed by atoms with Crippen molar-refractivity contribution < 1.29 is 26.3 Å². The standard InChI is InChI=1S/C31H40F6/c1-5-22-9-6-10-23(21(22)2)12-13-24-11-7-16-27(3)25(24)14-15-26(27)29(19-20-29)18-8-17-28(4,30(32,33)34)31(35,36)37/h5,8,12-13,17,22,25-26H,1-2,6-7,9-11,14-16,18-20H2,3-4H3/b17-8+,23-12-,24-13+/t22-,25?,26-,27-/m0/s1. The van der Waals surface area contributed by atoms with Gasteiger partial charge in [0.1, 0.15) is 0 Å². The van der Waals surface area contributed by atoms with E-state index in [1.165, 1.54) is 17.2 Å². The molecule has 0 aromatic rings. The molecule has 4 rings (SSSR count). The van der Waals surface area contributed by atoms with Gasteiger partial charge in [0.15, 0.2) is 5.41 Å². The maximum absolute atomic E-state index is 13.3. The summed E-state index contributed by atoms with van der Waals surface area (Å²) in [7, 11) is 0. The van der Waals surface area contributed by atoms with Crippen LogP contribution in [0.25, 0.3) is 0 Å². The lowest BCUT2D eigenvalue weighted by molar-refractivity contribution is -0.314. The van der Waals surface area contributed by atoms with E-state index in [-0.39, 0.29) is 24.2 Å². The summed E-state index contributed by atoms with van der Waals surface area (Å²) in [5.74, 6) is 1.08. The number of allylic oxidation sites excluding steroid dienone is 8. The van der Waals surface area contributed by atoms with Crippen LogP contribution < -0.4 is 0 Å². The van der Waals surface area contributed by atoms with Gasteiger partial charge in [-0.1, -0.05) is 49.5 Å². The first kappa shape index (κ1) is 28.3. The zero-order valence-electron chi connectivity index (χ0n) is 22.1. The second kappa shape index (κ2) is 9.79. The van der Waals surface area contributed by atoms with E-state index in [9.17, 15) is 26.3 Å². The largest absolute Gasteiger partial charge is 0.406 e. The van der Waals surface area contributed by atoms with Crippen LogP contribution in [0.5, 0.6) is 0 Å². The Labute approximate surface area is 217 Å². The van der Waals surface area contributed by atoms with E-state index in [2.05, 4.69) is 32.2 Å². The van der Waals surface area contributed by atoms with Crippen molar-refractivity contribution in [2.45, 2.75) is 96.8 Å². The topological polar surface area (TPSA) is 0 Å². The van der Waals surface area contributed by atoms with Gasteiger partial charge in [-0.2, -0.15) is 26.3 Å². The molecule has 0 radical (unpaired) electrons. The monoisotopic (exact) mass is 526 g/mol. The first-order valence-electron chi connectivity index (χ1n) is 13.7. The first-order valence-corrected chi connectivity index (χ1v) is 13.7. The van der Waals surface area contributed by atoms with Gasteiger partial charge in [-0.15, -0.1) is 6.58 Å². The molecule has 4 aliphatic rings. The average Bonchev–Trinajstić information content (AvgIpc) is 3.49. The molecule has 6 heteroatoms. The number of hydrogen-bond acceptors (Lipinski definition) is 0. The molecule has 0 aromatic carbocycles. The van der Waals surface area contributed by atoms with Crippen LogP contribution in [0.4, 0.5) is 26.3 Å². The molecule has 0 aliphatic heterocycles. The molecule has 4 atom stereocenters. The molecule has 0 amide bonds. The smallest absolute Gasteiger partial charge is 0.170 e. The van der Waals surface area contributed by atoms with E-state index in [0.717, 1.165) is 69.8 Å². The summed E-state index contributed by atoms with van der Waals surface area (Å²) >= 11 is 0. The van der Waals surface area contributed by atoms with Crippen molar-refractivity contribution in [2.75, 3.05) is 0 Å². The molecule has 1 unspecified atom stereocenters. The van der Waals surface area contributed by atoms with E-state index in [4.69, 9.17) is 0 Å². The Morgan fingerprint density at radius 3 is 2.19 bits per heavy atom. The van der Waals surface area contributed by atoms with Gasteiger partial charge < -0.3 is 0 Å². The minimum atomic E-state index is -5.38. The molecule has 37 heavy (non-hydrogen) atoms. The summed E-state index contributed by atoms with van der Waals surface area (Å²) in [4.78, 5) is 0. The Morgan fingerprint density at radius 1 is 0.919 bits per heavy atom. The third-order valence-corrected chi connectivity index (χ3v) is 10.4. The van der Waals surface area contributed by atoms with Gasteiger partial charge >= 0.3 is 12.4 Å². The maximum atomic E-state index is 13.3. The molecule has 4 aliphatic carbocycles. The first-order chi connectivity index (χ1) is 17.2. The Morgan fingerprint density at radius 2 is 1.59 bits per heavy atom. The Balaban J connectivity index is 1.52. The Bertz CT molecular complexity index is 972. The van der Waals surface area contributed by atoms with Crippen LogP contribution in [0, 0.1) is 34.0 Å². The molecule has 4 fully saturated rings. The highest BCUT2D eigenvalue weighted by Crippen LogP contribution is 2.70. The van der Waals surface area contributed by atoms with Gasteiger partial charge in [-0.3, -0.25) is 0 Å². The van der Waals surface area contributed by atoms with Crippen LogP contribution in [0.2, 0.25) is 0 Å². The van der Waals surface area contributed by atoms with Crippen molar-refractivity contribution >= 4 is 0 Å². The molecule has 0 N–H and O–H groups in total. The fourth-order valence-electron chi connectivity index (χ4n) is 7.72. The van der Waals surface area contributed by atoms with Crippen molar-refractivity contribution in [1.82, 2.24) is 0 Å². The maximum Gasteiger partial charge on any atom is 0.406 e. The predicted octanol–water partition coefficient (Wildman–Crippen LogP) is 10.5. The molecule has 206 valence electrons. The van der Waals surface area contributed by atoms with Gasteiger partial charge in [0.2, 0.25) is 0 Å². The van der Waals surface area contributed by atoms with Gasteiger partial charge in [0.25, 0.3) is 0 Å². The second-order valence-corrected chi connectivity index (χ2v) is 12.4. The summed E-state index contributed by atoms with van der Waals surface area (Å²) in [5, 5.41) is 0. The van der Waals surface area contributed by atoms with E-state index in [1.54, 1.807) is 0 Å². The lowest BCUT2D eigenvalue weighted by atomic mass is 9.59. The average molecular weight is 527 g/mol. The zero-order chi connectivity index (χ0) is 27.3. The fourth-order valence-corrected chi connectivity index (χ4v) is 7.72. The molecule has 0 saturated heterocycles. The fraction of sp³-hybridized carbons (Fsp3) is 0.677. The quantitative estimate of drug-likeness (QED) is 0.239. The highest BCUT2D eigenvalue weighted by atomic mass is 19.4. The van der Waals surface area contributed by atoms with Crippen LogP contribution in [0.3, 0.4) is 0 Å². The highest BCUT2D eigenvalue weighted by Gasteiger charge is 2.66. The molecule has 4 saturated carbocycles. The van der Waals surface area contributed by atoms with Crippen molar-refractivity contribution in [1.29, 1.82) is 0 Å². The lowest BCUT2D eigenvalue weighted by Gasteiger charge is -2.45. The third kappa shape index (κ3) is 5.03. The molecule has 0 bridgehead atoms. The minimum Gasteiger partial charge on any atom is -0.170 e. The zero-order valence-corrected chi connectivity index (χ0v) is 22.1. The number of fused-ring (bicyclic) bond motifs is 1. The minimum absolute atomic E-state index is 0.0392. The van der Waals surface area contributed by atoms with Crippen LogP contribution in [-0.4, -0.2) is 12.4 Å². The molecular formula is C31H40F6.